The van der Waals surface area contributed by atoms with Crippen molar-refractivity contribution in [1.82, 2.24) is 0 Å². The second kappa shape index (κ2) is 6.88. The maximum atomic E-state index is 12.3. The number of sulfonamides is 1. The normalized spacial score (nSPS) is 14.1. The molecule has 1 heterocycles. The Morgan fingerprint density at radius 1 is 1.20 bits per heavy atom. The summed E-state index contributed by atoms with van der Waals surface area (Å²) in [6, 6.07) is 13.3. The zero-order valence-electron chi connectivity index (χ0n) is 14.5. The highest BCUT2D eigenvalue weighted by atomic mass is 32.2. The molecule has 0 bridgehead atoms. The van der Waals surface area contributed by atoms with Crippen LogP contribution in [0.4, 0.5) is 11.4 Å². The Morgan fingerprint density at radius 3 is 2.72 bits per heavy atom. The van der Waals surface area contributed by atoms with E-state index in [0.717, 1.165) is 29.5 Å². The van der Waals surface area contributed by atoms with Crippen molar-refractivity contribution in [3.63, 3.8) is 0 Å². The Labute approximate surface area is 148 Å². The minimum Gasteiger partial charge on any atom is -0.326 e. The molecule has 25 heavy (non-hydrogen) atoms. The minimum absolute atomic E-state index is 0.118. The van der Waals surface area contributed by atoms with E-state index in [4.69, 9.17) is 0 Å². The number of rotatable bonds is 4. The number of amides is 1. The number of nitrogens with one attached hydrogen (secondary N) is 1. The fourth-order valence-corrected chi connectivity index (χ4v) is 4.16. The van der Waals surface area contributed by atoms with Gasteiger partial charge in [0.1, 0.15) is 0 Å². The predicted octanol–water partition coefficient (Wildman–Crippen LogP) is 2.89. The maximum absolute atomic E-state index is 12.3. The van der Waals surface area contributed by atoms with Crippen LogP contribution in [0.5, 0.6) is 0 Å². The number of hydrogen-bond donors (Lipinski definition) is 1. The number of carbonyl (C=O) groups excluding carboxylic acids is 1. The summed E-state index contributed by atoms with van der Waals surface area (Å²) in [4.78, 5) is 12.3. The Hall–Kier alpha value is -2.34. The van der Waals surface area contributed by atoms with Crippen LogP contribution in [0.2, 0.25) is 0 Å². The van der Waals surface area contributed by atoms with Crippen LogP contribution in [-0.4, -0.2) is 27.1 Å². The number of fused-ring (bicyclic) bond motifs is 1. The lowest BCUT2D eigenvalue weighted by atomic mass is 10.0. The molecular weight excluding hydrogens is 336 g/mol. The Morgan fingerprint density at radius 2 is 2.00 bits per heavy atom. The van der Waals surface area contributed by atoms with Crippen molar-refractivity contribution in [3.05, 3.63) is 59.2 Å². The summed E-state index contributed by atoms with van der Waals surface area (Å²) in [6.07, 6.45) is 3.15. The van der Waals surface area contributed by atoms with Gasteiger partial charge in [-0.1, -0.05) is 35.9 Å². The summed E-state index contributed by atoms with van der Waals surface area (Å²) in [5.41, 5.74) is 4.35. The summed E-state index contributed by atoms with van der Waals surface area (Å²) in [6.45, 7) is 2.47. The van der Waals surface area contributed by atoms with Gasteiger partial charge >= 0.3 is 0 Å². The zero-order chi connectivity index (χ0) is 18.0. The number of aryl methyl sites for hydroxylation is 2. The molecule has 132 valence electrons. The molecule has 0 fully saturated rings. The van der Waals surface area contributed by atoms with Gasteiger partial charge < -0.3 is 5.32 Å². The van der Waals surface area contributed by atoms with Crippen LogP contribution in [0.25, 0.3) is 0 Å². The zero-order valence-corrected chi connectivity index (χ0v) is 15.3. The van der Waals surface area contributed by atoms with Gasteiger partial charge in [0, 0.05) is 12.2 Å². The first-order valence-corrected chi connectivity index (χ1v) is 10.1. The predicted molar refractivity (Wildman–Crippen MR) is 100 cm³/mol. The molecule has 0 saturated carbocycles. The average molecular weight is 358 g/mol. The van der Waals surface area contributed by atoms with Crippen LogP contribution in [-0.2, 0) is 27.7 Å². The van der Waals surface area contributed by atoms with E-state index in [2.05, 4.69) is 5.32 Å². The largest absolute Gasteiger partial charge is 0.326 e. The summed E-state index contributed by atoms with van der Waals surface area (Å²) in [7, 11) is -3.32. The van der Waals surface area contributed by atoms with E-state index in [-0.39, 0.29) is 12.3 Å². The molecular formula is C19H22N2O3S. The minimum atomic E-state index is -3.32. The van der Waals surface area contributed by atoms with E-state index in [1.807, 2.05) is 43.3 Å². The van der Waals surface area contributed by atoms with Crippen LogP contribution < -0.4 is 9.62 Å². The Bertz CT molecular complexity index is 907. The topological polar surface area (TPSA) is 66.5 Å². The number of nitrogens with zero attached hydrogens (tertiary/aromatic N) is 1. The smallest absolute Gasteiger partial charge is 0.232 e. The van der Waals surface area contributed by atoms with Gasteiger partial charge in [-0.25, -0.2) is 8.42 Å². The third kappa shape index (κ3) is 4.20. The molecule has 5 nitrogen and oxygen atoms in total. The van der Waals surface area contributed by atoms with E-state index in [0.29, 0.717) is 17.9 Å². The molecule has 1 aliphatic heterocycles. The first kappa shape index (κ1) is 17.5. The standard InChI is InChI=1S/C19H22N2O3S/c1-14-5-3-6-15(11-14)12-19(22)20-17-9-8-16-7-4-10-21(18(16)13-17)25(2,23)24/h3,5-6,8-9,11,13H,4,7,10,12H2,1-2H3,(H,20,22). The first-order chi connectivity index (χ1) is 11.8. The molecule has 0 aliphatic carbocycles. The second-order valence-electron chi connectivity index (χ2n) is 6.50. The third-order valence-electron chi connectivity index (χ3n) is 4.29. The molecule has 0 saturated heterocycles. The van der Waals surface area contributed by atoms with Crippen molar-refractivity contribution in [1.29, 1.82) is 0 Å². The maximum Gasteiger partial charge on any atom is 0.232 e. The van der Waals surface area contributed by atoms with E-state index in [1.54, 1.807) is 6.07 Å². The van der Waals surface area contributed by atoms with Crippen LogP contribution >= 0.6 is 0 Å². The number of benzene rings is 2. The quantitative estimate of drug-likeness (QED) is 0.914. The van der Waals surface area contributed by atoms with E-state index >= 15 is 0 Å². The lowest BCUT2D eigenvalue weighted by Crippen LogP contribution is -2.34. The van der Waals surface area contributed by atoms with E-state index in [1.165, 1.54) is 10.6 Å². The number of anilines is 2. The summed E-state index contributed by atoms with van der Waals surface area (Å²) < 4.78 is 25.4. The second-order valence-corrected chi connectivity index (χ2v) is 8.40. The lowest BCUT2D eigenvalue weighted by Gasteiger charge is -2.29. The van der Waals surface area contributed by atoms with Gasteiger partial charge in [0.15, 0.2) is 0 Å². The van der Waals surface area contributed by atoms with Crippen molar-refractivity contribution < 1.29 is 13.2 Å². The van der Waals surface area contributed by atoms with Crippen molar-refractivity contribution in [2.75, 3.05) is 22.4 Å². The van der Waals surface area contributed by atoms with Crippen LogP contribution in [0.1, 0.15) is 23.1 Å². The monoisotopic (exact) mass is 358 g/mol. The van der Waals surface area contributed by atoms with Gasteiger partial charge in [0.2, 0.25) is 15.9 Å². The van der Waals surface area contributed by atoms with E-state index < -0.39 is 10.0 Å². The van der Waals surface area contributed by atoms with Crippen LogP contribution in [0, 0.1) is 6.92 Å². The van der Waals surface area contributed by atoms with Gasteiger partial charge in [-0.3, -0.25) is 9.10 Å². The highest BCUT2D eigenvalue weighted by molar-refractivity contribution is 7.92. The molecule has 6 heteroatoms. The first-order valence-electron chi connectivity index (χ1n) is 8.29. The average Bonchev–Trinajstić information content (AvgIpc) is 2.53. The van der Waals surface area contributed by atoms with Gasteiger partial charge in [0.05, 0.1) is 18.4 Å². The van der Waals surface area contributed by atoms with Crippen molar-refractivity contribution in [2.45, 2.75) is 26.2 Å². The summed E-state index contributed by atoms with van der Waals surface area (Å²) >= 11 is 0. The Balaban J connectivity index is 1.79. The van der Waals surface area contributed by atoms with Gasteiger partial charge in [0.25, 0.3) is 0 Å². The molecule has 0 spiro atoms. The molecule has 0 radical (unpaired) electrons. The van der Waals surface area contributed by atoms with Crippen molar-refractivity contribution in [2.24, 2.45) is 0 Å². The molecule has 2 aromatic carbocycles. The molecule has 1 aliphatic rings. The molecule has 2 aromatic rings. The molecule has 0 unspecified atom stereocenters. The number of carbonyl (C=O) groups is 1. The third-order valence-corrected chi connectivity index (χ3v) is 5.47. The van der Waals surface area contributed by atoms with Crippen LogP contribution in [0.3, 0.4) is 0 Å². The van der Waals surface area contributed by atoms with Gasteiger partial charge in [-0.15, -0.1) is 0 Å². The van der Waals surface area contributed by atoms with Gasteiger partial charge in [-0.2, -0.15) is 0 Å². The highest BCUT2D eigenvalue weighted by Crippen LogP contribution is 2.31. The van der Waals surface area contributed by atoms with Crippen molar-refractivity contribution in [3.8, 4) is 0 Å². The van der Waals surface area contributed by atoms with Crippen LogP contribution in [0.15, 0.2) is 42.5 Å². The lowest BCUT2D eigenvalue weighted by molar-refractivity contribution is -0.115. The SMILES string of the molecule is Cc1cccc(CC(=O)Nc2ccc3c(c2)N(S(C)(=O)=O)CCC3)c1. The Kier molecular flexibility index (Phi) is 4.81. The molecule has 0 aromatic heterocycles. The fourth-order valence-electron chi connectivity index (χ4n) is 3.18. The van der Waals surface area contributed by atoms with E-state index in [9.17, 15) is 13.2 Å². The summed E-state index contributed by atoms with van der Waals surface area (Å²) in [5.74, 6) is -0.118. The molecule has 0 atom stereocenters. The fraction of sp³-hybridized carbons (Fsp3) is 0.316. The summed E-state index contributed by atoms with van der Waals surface area (Å²) in [5, 5.41) is 2.87. The molecule has 1 amide bonds. The molecule has 1 N–H and O–H groups in total. The van der Waals surface area contributed by atoms with Gasteiger partial charge in [-0.05, 0) is 43.0 Å². The highest BCUT2D eigenvalue weighted by Gasteiger charge is 2.24. The number of hydrogen-bond acceptors (Lipinski definition) is 3. The molecule has 3 rings (SSSR count). The van der Waals surface area contributed by atoms with Crippen molar-refractivity contribution >= 4 is 27.3 Å².